The van der Waals surface area contributed by atoms with E-state index in [0.717, 1.165) is 0 Å². The summed E-state index contributed by atoms with van der Waals surface area (Å²) in [5.74, 6) is -0.570. The molecule has 0 atom stereocenters. The van der Waals surface area contributed by atoms with E-state index >= 15 is 0 Å². The number of rotatable bonds is 6. The largest absolute Gasteiger partial charge is 0.459 e. The lowest BCUT2D eigenvalue weighted by Crippen LogP contribution is -2.16. The van der Waals surface area contributed by atoms with Crippen molar-refractivity contribution in [3.05, 3.63) is 68.9 Å². The van der Waals surface area contributed by atoms with Crippen molar-refractivity contribution in [3.63, 3.8) is 0 Å². The van der Waals surface area contributed by atoms with Gasteiger partial charge in [-0.25, -0.2) is 4.98 Å². The van der Waals surface area contributed by atoms with Crippen molar-refractivity contribution in [1.29, 1.82) is 0 Å². The summed E-state index contributed by atoms with van der Waals surface area (Å²) in [4.78, 5) is 40.4. The minimum absolute atomic E-state index is 0.00327. The molecule has 0 bridgehead atoms. The van der Waals surface area contributed by atoms with Crippen molar-refractivity contribution in [2.45, 2.75) is 19.4 Å². The quantitative estimate of drug-likeness (QED) is 0.508. The molecule has 3 aromatic rings. The molecule has 0 fully saturated rings. The average Bonchev–Trinajstić information content (AvgIpc) is 3.12. The topological polar surface area (TPSA) is 77.7 Å². The van der Waals surface area contributed by atoms with Crippen LogP contribution in [-0.4, -0.2) is 21.1 Å². The van der Waals surface area contributed by atoms with Gasteiger partial charge in [0.2, 0.25) is 0 Å². The predicted octanol–water partition coefficient (Wildman–Crippen LogP) is 2.46. The highest BCUT2D eigenvalue weighted by atomic mass is 32.1. The van der Waals surface area contributed by atoms with E-state index in [2.05, 4.69) is 4.98 Å². The van der Waals surface area contributed by atoms with Gasteiger partial charge in [-0.15, -0.1) is 11.3 Å². The van der Waals surface area contributed by atoms with E-state index in [1.54, 1.807) is 36.5 Å². The van der Waals surface area contributed by atoms with Crippen LogP contribution in [0.2, 0.25) is 0 Å². The smallest absolute Gasteiger partial charge is 0.306 e. The third-order valence-electron chi connectivity index (χ3n) is 3.36. The molecule has 0 saturated carbocycles. The molecule has 0 aliphatic carbocycles. The second-order valence-electron chi connectivity index (χ2n) is 5.08. The molecule has 6 nitrogen and oxygen atoms in total. The number of thiophene rings is 1. The number of Topliss-reactive ketones (excluding diaryl/α,β-unsaturated/α-hetero) is 1. The lowest BCUT2D eigenvalue weighted by atomic mass is 10.2. The molecule has 7 heteroatoms. The maximum absolute atomic E-state index is 11.9. The highest BCUT2D eigenvalue weighted by Crippen LogP contribution is 2.12. The summed E-state index contributed by atoms with van der Waals surface area (Å²) in [7, 11) is 0. The maximum atomic E-state index is 11.9. The number of ketones is 1. The van der Waals surface area contributed by atoms with E-state index in [9.17, 15) is 14.4 Å². The molecule has 0 unspecified atom stereocenters. The van der Waals surface area contributed by atoms with Gasteiger partial charge in [0.15, 0.2) is 5.78 Å². The molecule has 0 N–H and O–H groups in total. The van der Waals surface area contributed by atoms with E-state index in [0.29, 0.717) is 16.2 Å². The number of aromatic nitrogens is 2. The minimum Gasteiger partial charge on any atom is -0.459 e. The summed E-state index contributed by atoms with van der Waals surface area (Å²) in [6, 6.07) is 10.1. The van der Waals surface area contributed by atoms with Crippen molar-refractivity contribution < 1.29 is 14.3 Å². The first-order valence-electron chi connectivity index (χ1n) is 7.33. The van der Waals surface area contributed by atoms with Crippen LogP contribution in [0.1, 0.15) is 28.2 Å². The van der Waals surface area contributed by atoms with Gasteiger partial charge in [0.05, 0.1) is 17.0 Å². The molecular weight excluding hydrogens is 328 g/mol. The fraction of sp³-hybridized carbons (Fsp3) is 0.176. The standard InChI is InChI=1S/C17H14N2O4S/c20-13(14-4-3-9-24-14)6-7-17(22)23-11-12-10-16(21)19-8-2-1-5-15(19)18-12/h1-5,8-10H,6-7,11H2. The zero-order chi connectivity index (χ0) is 16.9. The molecule has 3 rings (SSSR count). The number of ether oxygens (including phenoxy) is 1. The highest BCUT2D eigenvalue weighted by Gasteiger charge is 2.11. The Balaban J connectivity index is 1.56. The third-order valence-corrected chi connectivity index (χ3v) is 4.27. The molecule has 3 heterocycles. The molecule has 0 aromatic carbocycles. The summed E-state index contributed by atoms with van der Waals surface area (Å²) in [6.45, 7) is -0.0906. The molecule has 122 valence electrons. The van der Waals surface area contributed by atoms with Gasteiger partial charge in [0.25, 0.3) is 5.56 Å². The van der Waals surface area contributed by atoms with Crippen molar-refractivity contribution in [2.24, 2.45) is 0 Å². The van der Waals surface area contributed by atoms with Crippen molar-refractivity contribution >= 4 is 28.7 Å². The van der Waals surface area contributed by atoms with E-state index in [-0.39, 0.29) is 30.8 Å². The van der Waals surface area contributed by atoms with Crippen LogP contribution in [0.3, 0.4) is 0 Å². The Bertz CT molecular complexity index is 931. The van der Waals surface area contributed by atoms with Gasteiger partial charge in [-0.2, -0.15) is 0 Å². The van der Waals surface area contributed by atoms with Gasteiger partial charge < -0.3 is 4.74 Å². The number of nitrogens with zero attached hydrogens (tertiary/aromatic N) is 2. The number of carbonyl (C=O) groups is 2. The van der Waals surface area contributed by atoms with Crippen LogP contribution >= 0.6 is 11.3 Å². The average molecular weight is 342 g/mol. The number of esters is 1. The SMILES string of the molecule is O=C(CCC(=O)c1cccs1)OCc1cc(=O)n2ccccc2n1. The van der Waals surface area contributed by atoms with Crippen LogP contribution in [0, 0.1) is 0 Å². The number of fused-ring (bicyclic) bond motifs is 1. The van der Waals surface area contributed by atoms with Crippen molar-refractivity contribution in [2.75, 3.05) is 0 Å². The van der Waals surface area contributed by atoms with Crippen LogP contribution in [-0.2, 0) is 16.1 Å². The van der Waals surface area contributed by atoms with Crippen LogP contribution in [0.15, 0.2) is 52.8 Å². The van der Waals surface area contributed by atoms with Crippen molar-refractivity contribution in [1.82, 2.24) is 9.38 Å². The Morgan fingerprint density at radius 2 is 2.04 bits per heavy atom. The zero-order valence-electron chi connectivity index (χ0n) is 12.7. The summed E-state index contributed by atoms with van der Waals surface area (Å²) < 4.78 is 6.51. The van der Waals surface area contributed by atoms with E-state index < -0.39 is 5.97 Å². The summed E-state index contributed by atoms with van der Waals surface area (Å²) >= 11 is 1.35. The van der Waals surface area contributed by atoms with Gasteiger partial charge in [-0.3, -0.25) is 18.8 Å². The Morgan fingerprint density at radius 1 is 1.17 bits per heavy atom. The number of hydrogen-bond donors (Lipinski definition) is 0. The van der Waals surface area contributed by atoms with Gasteiger partial charge in [-0.1, -0.05) is 12.1 Å². The maximum Gasteiger partial charge on any atom is 0.306 e. The Morgan fingerprint density at radius 3 is 2.83 bits per heavy atom. The fourth-order valence-corrected chi connectivity index (χ4v) is 2.87. The lowest BCUT2D eigenvalue weighted by Gasteiger charge is -2.05. The van der Waals surface area contributed by atoms with E-state index in [1.807, 2.05) is 5.38 Å². The van der Waals surface area contributed by atoms with E-state index in [1.165, 1.54) is 21.8 Å². The Labute approximate surface area is 141 Å². The van der Waals surface area contributed by atoms with Gasteiger partial charge in [0.1, 0.15) is 12.3 Å². The van der Waals surface area contributed by atoms with Crippen LogP contribution in [0.4, 0.5) is 0 Å². The minimum atomic E-state index is -0.491. The van der Waals surface area contributed by atoms with Crippen LogP contribution in [0.25, 0.3) is 5.65 Å². The summed E-state index contributed by atoms with van der Waals surface area (Å²) in [5, 5.41) is 1.81. The molecule has 0 radical (unpaired) electrons. The second-order valence-corrected chi connectivity index (χ2v) is 6.02. The molecule has 3 aromatic heterocycles. The van der Waals surface area contributed by atoms with Gasteiger partial charge in [0, 0.05) is 18.7 Å². The normalized spacial score (nSPS) is 10.7. The molecule has 0 aliphatic rings. The molecule has 24 heavy (non-hydrogen) atoms. The molecular formula is C17H14N2O4S. The van der Waals surface area contributed by atoms with Crippen LogP contribution in [0.5, 0.6) is 0 Å². The number of pyridine rings is 1. The predicted molar refractivity (Wildman–Crippen MR) is 89.1 cm³/mol. The zero-order valence-corrected chi connectivity index (χ0v) is 13.5. The van der Waals surface area contributed by atoms with Crippen LogP contribution < -0.4 is 5.56 Å². The number of carbonyl (C=O) groups excluding carboxylic acids is 2. The Hall–Kier alpha value is -2.80. The second kappa shape index (κ2) is 7.18. The molecule has 0 saturated heterocycles. The fourth-order valence-electron chi connectivity index (χ4n) is 2.18. The van der Waals surface area contributed by atoms with Gasteiger partial charge >= 0.3 is 5.97 Å². The first-order chi connectivity index (χ1) is 11.6. The molecule has 0 aliphatic heterocycles. The summed E-state index contributed by atoms with van der Waals surface area (Å²) in [6.07, 6.45) is 1.73. The van der Waals surface area contributed by atoms with Gasteiger partial charge in [-0.05, 0) is 23.6 Å². The highest BCUT2D eigenvalue weighted by molar-refractivity contribution is 7.12. The number of hydrogen-bond acceptors (Lipinski definition) is 6. The molecule has 0 amide bonds. The van der Waals surface area contributed by atoms with Crippen molar-refractivity contribution in [3.8, 4) is 0 Å². The first kappa shape index (κ1) is 16.1. The monoisotopic (exact) mass is 342 g/mol. The lowest BCUT2D eigenvalue weighted by molar-refractivity contribution is -0.145. The third kappa shape index (κ3) is 3.75. The first-order valence-corrected chi connectivity index (χ1v) is 8.21. The summed E-state index contributed by atoms with van der Waals surface area (Å²) in [5.41, 5.74) is 0.632. The Kier molecular flexibility index (Phi) is 4.81. The molecule has 0 spiro atoms. The van der Waals surface area contributed by atoms with E-state index in [4.69, 9.17) is 4.74 Å².